The lowest BCUT2D eigenvalue weighted by atomic mass is 10.1. The van der Waals surface area contributed by atoms with Gasteiger partial charge in [0.1, 0.15) is 5.82 Å². The van der Waals surface area contributed by atoms with E-state index in [1.54, 1.807) is 0 Å². The molecule has 0 aliphatic carbocycles. The van der Waals surface area contributed by atoms with Crippen molar-refractivity contribution in [1.82, 2.24) is 4.98 Å². The largest absolute Gasteiger partial charge is 0.396 e. The third-order valence-corrected chi connectivity index (χ3v) is 2.90. The van der Waals surface area contributed by atoms with Crippen LogP contribution in [0.25, 0.3) is 10.9 Å². The molecular formula is C14H18N2O. The van der Waals surface area contributed by atoms with E-state index >= 15 is 0 Å². The molecule has 1 aromatic carbocycles. The SMILES string of the molecule is Cc1cc2ccccc2nc1N(C)CCCO. The van der Waals surface area contributed by atoms with Gasteiger partial charge in [0, 0.05) is 25.6 Å². The Kier molecular flexibility index (Phi) is 3.59. The van der Waals surface area contributed by atoms with E-state index in [0.29, 0.717) is 0 Å². The minimum atomic E-state index is 0.219. The van der Waals surface area contributed by atoms with Crippen LogP contribution in [-0.4, -0.2) is 30.3 Å². The highest BCUT2D eigenvalue weighted by Crippen LogP contribution is 2.21. The Morgan fingerprint density at radius 1 is 1.29 bits per heavy atom. The summed E-state index contributed by atoms with van der Waals surface area (Å²) in [6.07, 6.45) is 0.768. The van der Waals surface area contributed by atoms with Crippen LogP contribution >= 0.6 is 0 Å². The first-order valence-corrected chi connectivity index (χ1v) is 5.91. The summed E-state index contributed by atoms with van der Waals surface area (Å²) in [5.74, 6) is 0.997. The molecule has 0 spiro atoms. The zero-order chi connectivity index (χ0) is 12.3. The van der Waals surface area contributed by atoms with Gasteiger partial charge in [-0.05, 0) is 31.0 Å². The summed E-state index contributed by atoms with van der Waals surface area (Å²) in [7, 11) is 2.01. The molecule has 0 bridgehead atoms. The fourth-order valence-corrected chi connectivity index (χ4v) is 2.01. The smallest absolute Gasteiger partial charge is 0.131 e. The lowest BCUT2D eigenvalue weighted by molar-refractivity contribution is 0.290. The number of para-hydroxylation sites is 1. The molecule has 0 radical (unpaired) electrons. The zero-order valence-corrected chi connectivity index (χ0v) is 10.3. The lowest BCUT2D eigenvalue weighted by Gasteiger charge is -2.20. The summed E-state index contributed by atoms with van der Waals surface area (Å²) in [6.45, 7) is 3.11. The van der Waals surface area contributed by atoms with Gasteiger partial charge in [-0.25, -0.2) is 4.98 Å². The number of fused-ring (bicyclic) bond motifs is 1. The van der Waals surface area contributed by atoms with Crippen molar-refractivity contribution in [3.8, 4) is 0 Å². The van der Waals surface area contributed by atoms with Gasteiger partial charge in [0.15, 0.2) is 0 Å². The van der Waals surface area contributed by atoms with Gasteiger partial charge in [-0.15, -0.1) is 0 Å². The van der Waals surface area contributed by atoms with E-state index in [4.69, 9.17) is 5.11 Å². The summed E-state index contributed by atoms with van der Waals surface area (Å²) in [4.78, 5) is 6.77. The topological polar surface area (TPSA) is 36.4 Å². The normalized spacial score (nSPS) is 10.8. The number of pyridine rings is 1. The molecule has 0 fully saturated rings. The van der Waals surface area contributed by atoms with E-state index < -0.39 is 0 Å². The average Bonchev–Trinajstić information content (AvgIpc) is 2.35. The highest BCUT2D eigenvalue weighted by molar-refractivity contribution is 5.81. The van der Waals surface area contributed by atoms with Crippen LogP contribution in [-0.2, 0) is 0 Å². The molecule has 0 aliphatic heterocycles. The van der Waals surface area contributed by atoms with Crippen LogP contribution in [0.5, 0.6) is 0 Å². The summed E-state index contributed by atoms with van der Waals surface area (Å²) < 4.78 is 0. The van der Waals surface area contributed by atoms with E-state index in [-0.39, 0.29) is 6.61 Å². The number of benzene rings is 1. The number of aryl methyl sites for hydroxylation is 1. The number of nitrogens with zero attached hydrogens (tertiary/aromatic N) is 2. The quantitative estimate of drug-likeness (QED) is 0.876. The molecule has 0 saturated carbocycles. The van der Waals surface area contributed by atoms with Gasteiger partial charge >= 0.3 is 0 Å². The van der Waals surface area contributed by atoms with Gasteiger partial charge in [0.05, 0.1) is 5.52 Å². The van der Waals surface area contributed by atoms with Crippen molar-refractivity contribution in [2.45, 2.75) is 13.3 Å². The minimum Gasteiger partial charge on any atom is -0.396 e. The van der Waals surface area contributed by atoms with Gasteiger partial charge in [0.2, 0.25) is 0 Å². The first-order chi connectivity index (χ1) is 8.22. The first kappa shape index (κ1) is 11.9. The van der Waals surface area contributed by atoms with Crippen molar-refractivity contribution in [3.63, 3.8) is 0 Å². The first-order valence-electron chi connectivity index (χ1n) is 5.91. The van der Waals surface area contributed by atoms with Crippen molar-refractivity contribution in [1.29, 1.82) is 0 Å². The van der Waals surface area contributed by atoms with E-state index in [9.17, 15) is 0 Å². The minimum absolute atomic E-state index is 0.219. The van der Waals surface area contributed by atoms with E-state index in [1.807, 2.05) is 25.2 Å². The Bertz CT molecular complexity index is 511. The predicted molar refractivity (Wildman–Crippen MR) is 71.5 cm³/mol. The number of rotatable bonds is 4. The number of aromatic nitrogens is 1. The number of hydrogen-bond acceptors (Lipinski definition) is 3. The molecule has 3 nitrogen and oxygen atoms in total. The summed E-state index contributed by atoms with van der Waals surface area (Å²) in [5.41, 5.74) is 2.19. The van der Waals surface area contributed by atoms with Crippen molar-refractivity contribution >= 4 is 16.7 Å². The molecule has 3 heteroatoms. The fourth-order valence-electron chi connectivity index (χ4n) is 2.01. The monoisotopic (exact) mass is 230 g/mol. The molecule has 0 saturated heterocycles. The molecule has 17 heavy (non-hydrogen) atoms. The number of hydrogen-bond donors (Lipinski definition) is 1. The molecule has 90 valence electrons. The van der Waals surface area contributed by atoms with Crippen molar-refractivity contribution in [3.05, 3.63) is 35.9 Å². The predicted octanol–water partition coefficient (Wildman–Crippen LogP) is 2.36. The van der Waals surface area contributed by atoms with Crippen LogP contribution in [0, 0.1) is 6.92 Å². The Labute approximate surface area is 102 Å². The number of aliphatic hydroxyl groups is 1. The third-order valence-electron chi connectivity index (χ3n) is 2.90. The summed E-state index contributed by atoms with van der Waals surface area (Å²) in [5, 5.41) is 10.0. The van der Waals surface area contributed by atoms with Gasteiger partial charge in [0.25, 0.3) is 0 Å². The van der Waals surface area contributed by atoms with Gasteiger partial charge in [-0.1, -0.05) is 18.2 Å². The highest BCUT2D eigenvalue weighted by atomic mass is 16.3. The second-order valence-electron chi connectivity index (χ2n) is 4.32. The molecule has 2 aromatic rings. The number of aliphatic hydroxyl groups excluding tert-OH is 1. The molecule has 1 N–H and O–H groups in total. The molecule has 2 rings (SSSR count). The zero-order valence-electron chi connectivity index (χ0n) is 10.3. The third kappa shape index (κ3) is 2.56. The molecule has 0 amide bonds. The lowest BCUT2D eigenvalue weighted by Crippen LogP contribution is -2.21. The van der Waals surface area contributed by atoms with E-state index in [2.05, 4.69) is 28.9 Å². The van der Waals surface area contributed by atoms with Crippen LogP contribution in [0.15, 0.2) is 30.3 Å². The number of anilines is 1. The van der Waals surface area contributed by atoms with Crippen molar-refractivity contribution in [2.75, 3.05) is 25.1 Å². The Balaban J connectivity index is 2.36. The van der Waals surface area contributed by atoms with Gasteiger partial charge < -0.3 is 10.0 Å². The second-order valence-corrected chi connectivity index (χ2v) is 4.32. The van der Waals surface area contributed by atoms with Crippen LogP contribution in [0.4, 0.5) is 5.82 Å². The van der Waals surface area contributed by atoms with E-state index in [1.165, 1.54) is 10.9 Å². The summed E-state index contributed by atoms with van der Waals surface area (Å²) in [6, 6.07) is 10.3. The maximum atomic E-state index is 8.86. The molecule has 1 heterocycles. The second kappa shape index (κ2) is 5.15. The fraction of sp³-hybridized carbons (Fsp3) is 0.357. The van der Waals surface area contributed by atoms with Crippen molar-refractivity contribution < 1.29 is 5.11 Å². The van der Waals surface area contributed by atoms with Crippen LogP contribution < -0.4 is 4.90 Å². The molecular weight excluding hydrogens is 212 g/mol. The maximum Gasteiger partial charge on any atom is 0.131 e. The molecule has 0 atom stereocenters. The molecule has 0 aliphatic rings. The standard InChI is InChI=1S/C14H18N2O/c1-11-10-12-6-3-4-7-13(12)15-14(11)16(2)8-5-9-17/h3-4,6-7,10,17H,5,8-9H2,1-2H3. The average molecular weight is 230 g/mol. The Morgan fingerprint density at radius 3 is 2.82 bits per heavy atom. The summed E-state index contributed by atoms with van der Waals surface area (Å²) >= 11 is 0. The molecule has 1 aromatic heterocycles. The Morgan fingerprint density at radius 2 is 2.06 bits per heavy atom. The van der Waals surface area contributed by atoms with Crippen LogP contribution in [0.2, 0.25) is 0 Å². The van der Waals surface area contributed by atoms with Gasteiger partial charge in [-0.2, -0.15) is 0 Å². The van der Waals surface area contributed by atoms with Crippen molar-refractivity contribution in [2.24, 2.45) is 0 Å². The van der Waals surface area contributed by atoms with Crippen LogP contribution in [0.3, 0.4) is 0 Å². The molecule has 0 unspecified atom stereocenters. The Hall–Kier alpha value is -1.61. The highest BCUT2D eigenvalue weighted by Gasteiger charge is 2.07. The maximum absolute atomic E-state index is 8.86. The van der Waals surface area contributed by atoms with Gasteiger partial charge in [-0.3, -0.25) is 0 Å². The van der Waals surface area contributed by atoms with E-state index in [0.717, 1.165) is 24.3 Å². The van der Waals surface area contributed by atoms with Crippen LogP contribution in [0.1, 0.15) is 12.0 Å².